The van der Waals surface area contributed by atoms with Crippen LogP contribution in [0.1, 0.15) is 20.8 Å². The fourth-order valence-electron chi connectivity index (χ4n) is 1.52. The molecule has 102 valence electrons. The molecule has 0 unspecified atom stereocenters. The molecule has 0 aliphatic rings. The SMILES string of the molecule is CCS(=O)(=O)c1ccccc1NCCOC(C)C. The van der Waals surface area contributed by atoms with Crippen molar-refractivity contribution in [2.45, 2.75) is 31.8 Å². The summed E-state index contributed by atoms with van der Waals surface area (Å²) < 4.78 is 29.2. The molecule has 0 radical (unpaired) electrons. The van der Waals surface area contributed by atoms with Crippen LogP contribution in [0.3, 0.4) is 0 Å². The molecular weight excluding hydrogens is 250 g/mol. The van der Waals surface area contributed by atoms with Gasteiger partial charge in [0.1, 0.15) is 0 Å². The number of anilines is 1. The maximum Gasteiger partial charge on any atom is 0.180 e. The Morgan fingerprint density at radius 1 is 1.28 bits per heavy atom. The molecule has 1 N–H and O–H groups in total. The summed E-state index contributed by atoms with van der Waals surface area (Å²) in [6.45, 7) is 6.73. The summed E-state index contributed by atoms with van der Waals surface area (Å²) >= 11 is 0. The van der Waals surface area contributed by atoms with Gasteiger partial charge in [-0.15, -0.1) is 0 Å². The summed E-state index contributed by atoms with van der Waals surface area (Å²) in [6, 6.07) is 6.96. The topological polar surface area (TPSA) is 55.4 Å². The van der Waals surface area contributed by atoms with E-state index in [1.165, 1.54) is 0 Å². The first-order valence-electron chi connectivity index (χ1n) is 6.14. The molecule has 0 heterocycles. The molecular formula is C13H21NO3S. The lowest BCUT2D eigenvalue weighted by molar-refractivity contribution is 0.0870. The third-order valence-corrected chi connectivity index (χ3v) is 4.26. The van der Waals surface area contributed by atoms with Crippen LogP contribution in [0.5, 0.6) is 0 Å². The maximum atomic E-state index is 11.9. The van der Waals surface area contributed by atoms with Gasteiger partial charge < -0.3 is 10.1 Å². The molecule has 4 nitrogen and oxygen atoms in total. The van der Waals surface area contributed by atoms with Crippen molar-refractivity contribution in [3.05, 3.63) is 24.3 Å². The quantitative estimate of drug-likeness (QED) is 0.773. The number of rotatable bonds is 7. The zero-order valence-electron chi connectivity index (χ0n) is 11.1. The molecule has 0 saturated heterocycles. The smallest absolute Gasteiger partial charge is 0.180 e. The van der Waals surface area contributed by atoms with Crippen LogP contribution in [0.4, 0.5) is 5.69 Å². The number of ether oxygens (including phenoxy) is 1. The van der Waals surface area contributed by atoms with Gasteiger partial charge in [-0.25, -0.2) is 8.42 Å². The van der Waals surface area contributed by atoms with E-state index >= 15 is 0 Å². The molecule has 0 atom stereocenters. The molecule has 5 heteroatoms. The molecule has 18 heavy (non-hydrogen) atoms. The summed E-state index contributed by atoms with van der Waals surface area (Å²) in [5.41, 5.74) is 0.645. The largest absolute Gasteiger partial charge is 0.382 e. The highest BCUT2D eigenvalue weighted by molar-refractivity contribution is 7.91. The predicted molar refractivity (Wildman–Crippen MR) is 73.7 cm³/mol. The van der Waals surface area contributed by atoms with Gasteiger partial charge in [0.15, 0.2) is 9.84 Å². The normalized spacial score (nSPS) is 11.8. The zero-order chi connectivity index (χ0) is 13.6. The van der Waals surface area contributed by atoms with Crippen LogP contribution in [0.15, 0.2) is 29.2 Å². The van der Waals surface area contributed by atoms with Crippen molar-refractivity contribution in [3.8, 4) is 0 Å². The molecule has 0 spiro atoms. The number of hydrogen-bond donors (Lipinski definition) is 1. The van der Waals surface area contributed by atoms with Crippen LogP contribution in [-0.4, -0.2) is 33.4 Å². The summed E-state index contributed by atoms with van der Waals surface area (Å²) in [6.07, 6.45) is 0.182. The van der Waals surface area contributed by atoms with E-state index in [0.717, 1.165) is 0 Å². The van der Waals surface area contributed by atoms with Crippen molar-refractivity contribution in [2.75, 3.05) is 24.2 Å². The number of benzene rings is 1. The second-order valence-electron chi connectivity index (χ2n) is 4.25. The van der Waals surface area contributed by atoms with Crippen LogP contribution in [0, 0.1) is 0 Å². The minimum Gasteiger partial charge on any atom is -0.382 e. The molecule has 1 aromatic rings. The highest BCUT2D eigenvalue weighted by Gasteiger charge is 2.15. The highest BCUT2D eigenvalue weighted by atomic mass is 32.2. The predicted octanol–water partition coefficient (Wildman–Crippen LogP) is 2.32. The van der Waals surface area contributed by atoms with E-state index in [1.807, 2.05) is 19.9 Å². The Bertz CT molecular complexity index is 469. The van der Waals surface area contributed by atoms with Crippen LogP contribution in [0.2, 0.25) is 0 Å². The lowest BCUT2D eigenvalue weighted by atomic mass is 10.3. The minimum absolute atomic E-state index is 0.105. The minimum atomic E-state index is -3.19. The third kappa shape index (κ3) is 4.31. The summed E-state index contributed by atoms with van der Waals surface area (Å²) in [7, 11) is -3.19. The molecule has 0 aromatic heterocycles. The number of nitrogens with one attached hydrogen (secondary N) is 1. The van der Waals surface area contributed by atoms with Crippen LogP contribution in [-0.2, 0) is 14.6 Å². The second kappa shape index (κ2) is 6.75. The molecule has 1 rings (SSSR count). The van der Waals surface area contributed by atoms with Crippen LogP contribution in [0.25, 0.3) is 0 Å². The van der Waals surface area contributed by atoms with Gasteiger partial charge in [0.05, 0.1) is 29.0 Å². The average molecular weight is 271 g/mol. The van der Waals surface area contributed by atoms with Crippen LogP contribution >= 0.6 is 0 Å². The van der Waals surface area contributed by atoms with E-state index < -0.39 is 9.84 Å². The Morgan fingerprint density at radius 2 is 1.94 bits per heavy atom. The van der Waals surface area contributed by atoms with Crippen molar-refractivity contribution < 1.29 is 13.2 Å². The van der Waals surface area contributed by atoms with Gasteiger partial charge in [-0.3, -0.25) is 0 Å². The first-order chi connectivity index (χ1) is 8.47. The summed E-state index contributed by atoms with van der Waals surface area (Å²) in [5.74, 6) is 0.105. The van der Waals surface area contributed by atoms with Gasteiger partial charge in [0.25, 0.3) is 0 Å². The van der Waals surface area contributed by atoms with E-state index in [1.54, 1.807) is 25.1 Å². The van der Waals surface area contributed by atoms with Crippen molar-refractivity contribution in [3.63, 3.8) is 0 Å². The van der Waals surface area contributed by atoms with Crippen molar-refractivity contribution in [1.82, 2.24) is 0 Å². The van der Waals surface area contributed by atoms with Gasteiger partial charge in [-0.05, 0) is 26.0 Å². The average Bonchev–Trinajstić information content (AvgIpc) is 2.35. The van der Waals surface area contributed by atoms with Crippen molar-refractivity contribution in [1.29, 1.82) is 0 Å². The maximum absolute atomic E-state index is 11.9. The number of sulfone groups is 1. The fourth-order valence-corrected chi connectivity index (χ4v) is 2.59. The van der Waals surface area contributed by atoms with E-state index in [2.05, 4.69) is 5.32 Å². The first kappa shape index (κ1) is 15.0. The Morgan fingerprint density at radius 3 is 2.56 bits per heavy atom. The van der Waals surface area contributed by atoms with Gasteiger partial charge in [-0.2, -0.15) is 0 Å². The molecule has 0 aliphatic carbocycles. The summed E-state index contributed by atoms with van der Waals surface area (Å²) in [5, 5.41) is 3.10. The van der Waals surface area contributed by atoms with Crippen molar-refractivity contribution in [2.24, 2.45) is 0 Å². The van der Waals surface area contributed by atoms with Gasteiger partial charge in [0, 0.05) is 6.54 Å². The molecule has 0 aliphatic heterocycles. The molecule has 1 aromatic carbocycles. The van der Waals surface area contributed by atoms with E-state index in [9.17, 15) is 8.42 Å². The Kier molecular flexibility index (Phi) is 5.62. The standard InChI is InChI=1S/C13H21NO3S/c1-4-18(15,16)13-8-6-5-7-12(13)14-9-10-17-11(2)3/h5-8,11,14H,4,9-10H2,1-3H3. The molecule has 0 amide bonds. The Labute approximate surface area is 109 Å². The molecule has 0 saturated carbocycles. The lowest BCUT2D eigenvalue weighted by Crippen LogP contribution is -2.15. The highest BCUT2D eigenvalue weighted by Crippen LogP contribution is 2.21. The van der Waals surface area contributed by atoms with E-state index in [-0.39, 0.29) is 11.9 Å². The molecule has 0 fully saturated rings. The second-order valence-corrected chi connectivity index (χ2v) is 6.49. The number of para-hydroxylation sites is 1. The number of hydrogen-bond acceptors (Lipinski definition) is 4. The zero-order valence-corrected chi connectivity index (χ0v) is 12.0. The molecule has 0 bridgehead atoms. The Hall–Kier alpha value is -1.07. The van der Waals surface area contributed by atoms with Gasteiger partial charge in [0.2, 0.25) is 0 Å². The summed E-state index contributed by atoms with van der Waals surface area (Å²) in [4.78, 5) is 0.358. The van der Waals surface area contributed by atoms with Crippen molar-refractivity contribution >= 4 is 15.5 Å². The lowest BCUT2D eigenvalue weighted by Gasteiger charge is -2.12. The van der Waals surface area contributed by atoms with Crippen LogP contribution < -0.4 is 5.32 Å². The fraction of sp³-hybridized carbons (Fsp3) is 0.538. The monoisotopic (exact) mass is 271 g/mol. The first-order valence-corrected chi connectivity index (χ1v) is 7.80. The van der Waals surface area contributed by atoms with E-state index in [0.29, 0.717) is 23.7 Å². The Balaban J connectivity index is 2.72. The van der Waals surface area contributed by atoms with Gasteiger partial charge in [-0.1, -0.05) is 19.1 Å². The van der Waals surface area contributed by atoms with E-state index in [4.69, 9.17) is 4.74 Å². The van der Waals surface area contributed by atoms with Gasteiger partial charge >= 0.3 is 0 Å². The third-order valence-electron chi connectivity index (χ3n) is 2.47.